The first-order valence-corrected chi connectivity index (χ1v) is 10.8. The largest absolute Gasteiger partial charge is 1.00 e. The van der Waals surface area contributed by atoms with Crippen molar-refractivity contribution in [2.75, 3.05) is 10.6 Å². The van der Waals surface area contributed by atoms with Crippen LogP contribution in [0, 0.1) is 0 Å². The summed E-state index contributed by atoms with van der Waals surface area (Å²) in [5.74, 6) is -0.0325. The molecule has 15 heteroatoms. The Hall–Kier alpha value is -1.84. The molecule has 1 aromatic heterocycles. The molecular formula is C15H11ClN5NaO6S2. The number of rotatable bonds is 6. The minimum absolute atomic E-state index is 0. The maximum atomic E-state index is 11.2. The number of hydrogen-bond acceptors (Lipinski definition) is 10. The van der Waals surface area contributed by atoms with Crippen molar-refractivity contribution >= 4 is 55.1 Å². The molecule has 3 N–H and O–H groups in total. The zero-order chi connectivity index (χ0) is 21.2. The fourth-order valence-electron chi connectivity index (χ4n) is 2.16. The second-order valence-electron chi connectivity index (χ2n) is 5.48. The molecule has 0 fully saturated rings. The molecule has 0 atom stereocenters. The number of nitrogens with one attached hydrogen (secondary N) is 2. The zero-order valence-electron chi connectivity index (χ0n) is 15.1. The van der Waals surface area contributed by atoms with Crippen molar-refractivity contribution in [3.63, 3.8) is 0 Å². The van der Waals surface area contributed by atoms with Gasteiger partial charge in [-0.2, -0.15) is 23.4 Å². The number of benzene rings is 2. The van der Waals surface area contributed by atoms with E-state index >= 15 is 0 Å². The number of aromatic nitrogens is 3. The zero-order valence-corrected chi connectivity index (χ0v) is 19.5. The number of nitrogens with zero attached hydrogens (tertiary/aromatic N) is 3. The Balaban J connectivity index is 0.00000320. The minimum Gasteiger partial charge on any atom is -0.744 e. The first kappa shape index (κ1) is 24.4. The standard InChI is InChI=1S/C15H12ClN5O6S2.Na/c16-13-19-14(17-9-4-6-11(7-5-9)28(22,23)24)21-15(20-13)18-10-2-1-3-12(8-10)29(25,26)27;/h1-8H,(H,22,23,24)(H,25,26,27)(H2,17,18,19,20,21);/q;+1/p-1. The Bertz CT molecular complexity index is 1270. The Morgan fingerprint density at radius 1 is 0.833 bits per heavy atom. The minimum atomic E-state index is -4.57. The van der Waals surface area contributed by atoms with Crippen LogP contribution in [0.15, 0.2) is 58.3 Å². The van der Waals surface area contributed by atoms with E-state index in [2.05, 4.69) is 25.6 Å². The van der Waals surface area contributed by atoms with E-state index in [4.69, 9.17) is 16.2 Å². The molecule has 30 heavy (non-hydrogen) atoms. The molecule has 2 aromatic carbocycles. The van der Waals surface area contributed by atoms with Gasteiger partial charge in [0.1, 0.15) is 10.1 Å². The Kier molecular flexibility index (Phi) is 7.76. The molecule has 0 radical (unpaired) electrons. The Labute approximate surface area is 198 Å². The molecule has 0 amide bonds. The van der Waals surface area contributed by atoms with Crippen LogP contribution in [-0.2, 0) is 20.2 Å². The summed E-state index contributed by atoms with van der Waals surface area (Å²) < 4.78 is 64.5. The summed E-state index contributed by atoms with van der Waals surface area (Å²) in [5, 5.41) is 5.31. The normalized spacial score (nSPS) is 11.4. The number of hydrogen-bond donors (Lipinski definition) is 3. The smallest absolute Gasteiger partial charge is 0.744 e. The van der Waals surface area contributed by atoms with E-state index in [0.29, 0.717) is 5.69 Å². The summed E-state index contributed by atoms with van der Waals surface area (Å²) in [6.07, 6.45) is 0. The third-order valence-electron chi connectivity index (χ3n) is 3.40. The van der Waals surface area contributed by atoms with E-state index < -0.39 is 25.1 Å². The van der Waals surface area contributed by atoms with Crippen LogP contribution in [0.2, 0.25) is 5.28 Å². The summed E-state index contributed by atoms with van der Waals surface area (Å²) in [5.41, 5.74) is 0.636. The molecule has 3 aromatic rings. The fraction of sp³-hybridized carbons (Fsp3) is 0. The summed E-state index contributed by atoms with van der Waals surface area (Å²) in [4.78, 5) is 11.1. The molecule has 0 bridgehead atoms. The number of halogens is 1. The quantitative estimate of drug-likeness (QED) is 0.297. The third kappa shape index (κ3) is 6.58. The molecule has 0 aliphatic rings. The van der Waals surface area contributed by atoms with Gasteiger partial charge in [0.25, 0.3) is 10.1 Å². The maximum absolute atomic E-state index is 11.2. The van der Waals surface area contributed by atoms with E-state index in [9.17, 15) is 21.4 Å². The van der Waals surface area contributed by atoms with Gasteiger partial charge in [-0.1, -0.05) is 6.07 Å². The molecule has 0 saturated heterocycles. The van der Waals surface area contributed by atoms with E-state index in [-0.39, 0.29) is 57.3 Å². The summed E-state index contributed by atoms with van der Waals surface area (Å²) in [6.45, 7) is 0. The summed E-state index contributed by atoms with van der Waals surface area (Å²) >= 11 is 5.87. The van der Waals surface area contributed by atoms with Crippen molar-refractivity contribution in [1.29, 1.82) is 0 Å². The monoisotopic (exact) mass is 479 g/mol. The van der Waals surface area contributed by atoms with Gasteiger partial charge in [0.15, 0.2) is 0 Å². The summed E-state index contributed by atoms with van der Waals surface area (Å²) in [6, 6.07) is 10.2. The second kappa shape index (κ2) is 9.53. The molecular weight excluding hydrogens is 469 g/mol. The molecule has 0 saturated carbocycles. The van der Waals surface area contributed by atoms with Crippen LogP contribution in [-0.4, -0.2) is 40.9 Å². The van der Waals surface area contributed by atoms with Crippen LogP contribution in [0.3, 0.4) is 0 Å². The molecule has 0 unspecified atom stereocenters. The van der Waals surface area contributed by atoms with Gasteiger partial charge in [0.05, 0.1) is 9.79 Å². The van der Waals surface area contributed by atoms with Crippen LogP contribution in [0.5, 0.6) is 0 Å². The average molecular weight is 480 g/mol. The van der Waals surface area contributed by atoms with E-state index in [1.54, 1.807) is 0 Å². The molecule has 11 nitrogen and oxygen atoms in total. The number of anilines is 4. The van der Waals surface area contributed by atoms with Crippen molar-refractivity contribution in [3.05, 3.63) is 53.8 Å². The molecule has 152 valence electrons. The van der Waals surface area contributed by atoms with Gasteiger partial charge in [-0.15, -0.1) is 0 Å². The topological polar surface area (TPSA) is 174 Å². The van der Waals surface area contributed by atoms with Gasteiger partial charge in [-0.25, -0.2) is 8.42 Å². The van der Waals surface area contributed by atoms with Crippen LogP contribution in [0.4, 0.5) is 23.3 Å². The van der Waals surface area contributed by atoms with Crippen LogP contribution >= 0.6 is 11.6 Å². The first-order chi connectivity index (χ1) is 13.5. The molecule has 0 aliphatic heterocycles. The van der Waals surface area contributed by atoms with Crippen molar-refractivity contribution in [3.8, 4) is 0 Å². The average Bonchev–Trinajstić information content (AvgIpc) is 2.60. The van der Waals surface area contributed by atoms with Crippen molar-refractivity contribution in [1.82, 2.24) is 15.0 Å². The summed E-state index contributed by atoms with van der Waals surface area (Å²) in [7, 11) is -8.95. The molecule has 0 spiro atoms. The van der Waals surface area contributed by atoms with Crippen LogP contribution in [0.25, 0.3) is 0 Å². The SMILES string of the molecule is O=S(=O)([O-])c1ccc(Nc2nc(Cl)nc(Nc3cccc(S(=O)(=O)O)c3)n2)cc1.[Na+]. The third-order valence-corrected chi connectivity index (χ3v) is 5.26. The van der Waals surface area contributed by atoms with E-state index in [1.807, 2.05) is 0 Å². The van der Waals surface area contributed by atoms with Crippen LogP contribution < -0.4 is 40.2 Å². The first-order valence-electron chi connectivity index (χ1n) is 7.60. The second-order valence-corrected chi connectivity index (χ2v) is 8.62. The van der Waals surface area contributed by atoms with E-state index in [0.717, 1.165) is 12.1 Å². The molecule has 0 aliphatic carbocycles. The van der Waals surface area contributed by atoms with E-state index in [1.165, 1.54) is 36.4 Å². The fourth-order valence-corrected chi connectivity index (χ4v) is 3.32. The Morgan fingerprint density at radius 2 is 1.40 bits per heavy atom. The predicted octanol–water partition coefficient (Wildman–Crippen LogP) is -0.833. The van der Waals surface area contributed by atoms with Crippen molar-refractivity contribution in [2.45, 2.75) is 9.79 Å². The van der Waals surface area contributed by atoms with Crippen LogP contribution in [0.1, 0.15) is 0 Å². The van der Waals surface area contributed by atoms with Gasteiger partial charge in [-0.3, -0.25) is 4.55 Å². The maximum Gasteiger partial charge on any atom is 1.00 e. The van der Waals surface area contributed by atoms with Gasteiger partial charge in [0, 0.05) is 11.4 Å². The molecule has 3 rings (SSSR count). The van der Waals surface area contributed by atoms with Gasteiger partial charge < -0.3 is 15.2 Å². The van der Waals surface area contributed by atoms with Gasteiger partial charge in [-0.05, 0) is 54.1 Å². The van der Waals surface area contributed by atoms with Crippen molar-refractivity contribution in [2.24, 2.45) is 0 Å². The van der Waals surface area contributed by atoms with Gasteiger partial charge in [0.2, 0.25) is 17.2 Å². The Morgan fingerprint density at radius 3 is 1.93 bits per heavy atom. The molecule has 1 heterocycles. The van der Waals surface area contributed by atoms with Crippen molar-refractivity contribution < 1.29 is 55.5 Å². The van der Waals surface area contributed by atoms with Gasteiger partial charge >= 0.3 is 29.6 Å². The predicted molar refractivity (Wildman–Crippen MR) is 102 cm³/mol.